The molecular formula is C19H17F2N3O3S2. The lowest BCUT2D eigenvalue weighted by molar-refractivity contribution is 0.145. The van der Waals surface area contributed by atoms with Gasteiger partial charge in [-0.2, -0.15) is 5.10 Å². The Hall–Kier alpha value is -2.27. The average Bonchev–Trinajstić information content (AvgIpc) is 3.33. The van der Waals surface area contributed by atoms with Crippen molar-refractivity contribution in [3.05, 3.63) is 59.3 Å². The summed E-state index contributed by atoms with van der Waals surface area (Å²) < 4.78 is 51.4. The lowest BCUT2D eigenvalue weighted by Crippen LogP contribution is -2.15. The number of alkyl halides is 2. The SMILES string of the molecule is NS(=O)(=O)c1ccc(-n2nc(C(F)F)cc2-c2ccc3c(c2)CCS3)cc1CO. The van der Waals surface area contributed by atoms with E-state index in [2.05, 4.69) is 5.10 Å². The van der Waals surface area contributed by atoms with Gasteiger partial charge in [-0.05, 0) is 53.9 Å². The van der Waals surface area contributed by atoms with Crippen LogP contribution in [0, 0.1) is 0 Å². The molecule has 3 aromatic rings. The van der Waals surface area contributed by atoms with Crippen LogP contribution >= 0.6 is 11.8 Å². The minimum absolute atomic E-state index is 0.0652. The number of rotatable bonds is 5. The van der Waals surface area contributed by atoms with Gasteiger partial charge in [-0.15, -0.1) is 11.8 Å². The van der Waals surface area contributed by atoms with Crippen LogP contribution < -0.4 is 5.14 Å². The Balaban J connectivity index is 1.88. The van der Waals surface area contributed by atoms with Crippen LogP contribution in [0.25, 0.3) is 16.9 Å². The van der Waals surface area contributed by atoms with Gasteiger partial charge in [-0.1, -0.05) is 6.07 Å². The molecular weight excluding hydrogens is 420 g/mol. The highest BCUT2D eigenvalue weighted by Gasteiger charge is 2.21. The van der Waals surface area contributed by atoms with E-state index in [0.29, 0.717) is 11.4 Å². The van der Waals surface area contributed by atoms with Crippen LogP contribution in [0.1, 0.15) is 23.2 Å². The van der Waals surface area contributed by atoms with Crippen LogP contribution in [0.5, 0.6) is 0 Å². The maximum absolute atomic E-state index is 13.4. The number of hydrogen-bond donors (Lipinski definition) is 2. The first kappa shape index (κ1) is 20.0. The van der Waals surface area contributed by atoms with Crippen molar-refractivity contribution in [3.63, 3.8) is 0 Å². The van der Waals surface area contributed by atoms with Gasteiger partial charge in [-0.25, -0.2) is 27.0 Å². The van der Waals surface area contributed by atoms with Gasteiger partial charge in [0.2, 0.25) is 10.0 Å². The Morgan fingerprint density at radius 2 is 2.00 bits per heavy atom. The number of nitrogens with zero attached hydrogens (tertiary/aromatic N) is 2. The number of benzene rings is 2. The van der Waals surface area contributed by atoms with E-state index in [1.807, 2.05) is 18.2 Å². The highest BCUT2D eigenvalue weighted by Crippen LogP contribution is 2.36. The van der Waals surface area contributed by atoms with Crippen molar-refractivity contribution in [2.24, 2.45) is 5.14 Å². The Morgan fingerprint density at radius 1 is 1.21 bits per heavy atom. The first-order chi connectivity index (χ1) is 13.8. The fourth-order valence-electron chi connectivity index (χ4n) is 3.35. The minimum Gasteiger partial charge on any atom is -0.392 e. The molecule has 2 heterocycles. The summed E-state index contributed by atoms with van der Waals surface area (Å²) in [6.45, 7) is -0.575. The summed E-state index contributed by atoms with van der Waals surface area (Å²) in [6.07, 6.45) is -1.86. The number of aliphatic hydroxyl groups excluding tert-OH is 1. The molecule has 2 aromatic carbocycles. The number of halogens is 2. The summed E-state index contributed by atoms with van der Waals surface area (Å²) in [5, 5.41) is 18.8. The largest absolute Gasteiger partial charge is 0.392 e. The number of primary sulfonamides is 1. The van der Waals surface area contributed by atoms with Crippen LogP contribution in [0.2, 0.25) is 0 Å². The minimum atomic E-state index is -4.03. The average molecular weight is 437 g/mol. The lowest BCUT2D eigenvalue weighted by Gasteiger charge is -2.12. The first-order valence-corrected chi connectivity index (χ1v) is 11.2. The molecule has 1 aliphatic rings. The van der Waals surface area contributed by atoms with Gasteiger partial charge >= 0.3 is 0 Å². The summed E-state index contributed by atoms with van der Waals surface area (Å²) in [4.78, 5) is 0.954. The molecule has 6 nitrogen and oxygen atoms in total. The fraction of sp³-hybridized carbons (Fsp3) is 0.211. The smallest absolute Gasteiger partial charge is 0.282 e. The maximum atomic E-state index is 13.4. The van der Waals surface area contributed by atoms with Crippen LogP contribution in [0.4, 0.5) is 8.78 Å². The van der Waals surface area contributed by atoms with Crippen molar-refractivity contribution in [2.75, 3.05) is 5.75 Å². The molecule has 0 radical (unpaired) electrons. The number of aromatic nitrogens is 2. The zero-order chi connectivity index (χ0) is 20.8. The van der Waals surface area contributed by atoms with Crippen molar-refractivity contribution in [3.8, 4) is 16.9 Å². The molecule has 1 aliphatic heterocycles. The monoisotopic (exact) mass is 437 g/mol. The molecule has 0 fully saturated rings. The number of thioether (sulfide) groups is 1. The van der Waals surface area contributed by atoms with Crippen molar-refractivity contribution >= 4 is 21.8 Å². The Kier molecular flexibility index (Phi) is 5.19. The molecule has 0 bridgehead atoms. The summed E-state index contributed by atoms with van der Waals surface area (Å²) in [5.74, 6) is 0.981. The standard InChI is InChI=1S/C19H17F2N3O3S2/c20-19(21)15-9-16(11-1-3-17-12(7-11)5-6-28-17)24(23-15)14-2-4-18(29(22,26)27)13(8-14)10-25/h1-4,7-9,19,25H,5-6,10H2,(H2,22,26,27). The molecule has 0 unspecified atom stereocenters. The van der Waals surface area contributed by atoms with Crippen LogP contribution in [0.15, 0.2) is 52.3 Å². The van der Waals surface area contributed by atoms with Crippen LogP contribution in [-0.4, -0.2) is 29.1 Å². The highest BCUT2D eigenvalue weighted by molar-refractivity contribution is 7.99. The molecule has 0 aliphatic carbocycles. The van der Waals surface area contributed by atoms with Gasteiger partial charge in [0.05, 0.1) is 22.9 Å². The van der Waals surface area contributed by atoms with Gasteiger partial charge in [-0.3, -0.25) is 0 Å². The Bertz CT molecular complexity index is 1190. The van der Waals surface area contributed by atoms with E-state index in [4.69, 9.17) is 5.14 Å². The second-order valence-electron chi connectivity index (χ2n) is 6.58. The molecule has 3 N–H and O–H groups in total. The van der Waals surface area contributed by atoms with E-state index < -0.39 is 28.7 Å². The predicted molar refractivity (Wildman–Crippen MR) is 106 cm³/mol. The molecule has 152 valence electrons. The zero-order valence-corrected chi connectivity index (χ0v) is 16.7. The third kappa shape index (κ3) is 3.80. The topological polar surface area (TPSA) is 98.2 Å². The molecule has 0 saturated carbocycles. The van der Waals surface area contributed by atoms with Crippen molar-refractivity contribution in [1.29, 1.82) is 0 Å². The maximum Gasteiger partial charge on any atom is 0.282 e. The summed E-state index contributed by atoms with van der Waals surface area (Å²) in [6, 6.07) is 11.1. The Morgan fingerprint density at radius 3 is 2.69 bits per heavy atom. The second kappa shape index (κ2) is 7.52. The summed E-state index contributed by atoms with van der Waals surface area (Å²) in [5.41, 5.74) is 2.35. The van der Waals surface area contributed by atoms with E-state index >= 15 is 0 Å². The van der Waals surface area contributed by atoms with E-state index in [9.17, 15) is 22.3 Å². The number of nitrogens with two attached hydrogens (primary N) is 1. The molecule has 0 amide bonds. The van der Waals surface area contributed by atoms with Crippen molar-refractivity contribution in [1.82, 2.24) is 9.78 Å². The van der Waals surface area contributed by atoms with E-state index in [1.54, 1.807) is 11.8 Å². The second-order valence-corrected chi connectivity index (χ2v) is 9.25. The van der Waals surface area contributed by atoms with Gasteiger partial charge in [0.15, 0.2) is 0 Å². The molecule has 0 saturated heterocycles. The molecule has 10 heteroatoms. The number of sulfonamides is 1. The van der Waals surface area contributed by atoms with Gasteiger partial charge in [0.1, 0.15) is 5.69 Å². The molecule has 1 aromatic heterocycles. The van der Waals surface area contributed by atoms with Gasteiger partial charge < -0.3 is 5.11 Å². The third-order valence-corrected chi connectivity index (χ3v) is 6.83. The van der Waals surface area contributed by atoms with Crippen LogP contribution in [-0.2, 0) is 23.1 Å². The molecule has 29 heavy (non-hydrogen) atoms. The van der Waals surface area contributed by atoms with Crippen molar-refractivity contribution in [2.45, 2.75) is 29.2 Å². The van der Waals surface area contributed by atoms with E-state index in [-0.39, 0.29) is 10.5 Å². The fourth-order valence-corrected chi connectivity index (χ4v) is 5.15. The molecule has 0 atom stereocenters. The van der Waals surface area contributed by atoms with Crippen molar-refractivity contribution < 1.29 is 22.3 Å². The predicted octanol–water partition coefficient (Wildman–Crippen LogP) is 3.26. The number of aliphatic hydroxyl groups is 1. The zero-order valence-electron chi connectivity index (χ0n) is 15.0. The molecule has 0 spiro atoms. The number of fused-ring (bicyclic) bond motifs is 1. The quantitative estimate of drug-likeness (QED) is 0.638. The highest BCUT2D eigenvalue weighted by atomic mass is 32.2. The first-order valence-electron chi connectivity index (χ1n) is 8.69. The summed E-state index contributed by atoms with van der Waals surface area (Å²) >= 11 is 1.75. The van der Waals surface area contributed by atoms with Crippen LogP contribution in [0.3, 0.4) is 0 Å². The number of aryl methyl sites for hydroxylation is 1. The normalized spacial score (nSPS) is 13.8. The van der Waals surface area contributed by atoms with E-state index in [0.717, 1.165) is 23.3 Å². The molecule has 4 rings (SSSR count). The third-order valence-electron chi connectivity index (χ3n) is 4.70. The van der Waals surface area contributed by atoms with E-state index in [1.165, 1.54) is 33.8 Å². The lowest BCUT2D eigenvalue weighted by atomic mass is 10.1. The summed E-state index contributed by atoms with van der Waals surface area (Å²) in [7, 11) is -4.03. The number of hydrogen-bond acceptors (Lipinski definition) is 5. The van der Waals surface area contributed by atoms with Gasteiger partial charge in [0.25, 0.3) is 6.43 Å². The van der Waals surface area contributed by atoms with Gasteiger partial charge in [0, 0.05) is 16.2 Å². The Labute approximate surface area is 170 Å².